The highest BCUT2D eigenvalue weighted by molar-refractivity contribution is 5.04. The van der Waals surface area contributed by atoms with E-state index in [4.69, 9.17) is 5.10 Å². The normalized spacial score (nSPS) is 16.6. The summed E-state index contributed by atoms with van der Waals surface area (Å²) in [6, 6.07) is 2.67. The minimum atomic E-state index is 0.268. The van der Waals surface area contributed by atoms with Crippen LogP contribution in [-0.4, -0.2) is 22.9 Å². The SMILES string of the molecule is CCNCC(C)(Cc1ccn(C(C)CC)n1)C(C)C. The van der Waals surface area contributed by atoms with Crippen LogP contribution in [0.3, 0.4) is 0 Å². The highest BCUT2D eigenvalue weighted by Crippen LogP contribution is 2.30. The number of nitrogens with zero attached hydrogens (tertiary/aromatic N) is 2. The third-order valence-electron chi connectivity index (χ3n) is 4.46. The lowest BCUT2D eigenvalue weighted by Gasteiger charge is -2.33. The molecule has 0 aromatic carbocycles. The molecule has 0 amide bonds. The van der Waals surface area contributed by atoms with E-state index < -0.39 is 0 Å². The summed E-state index contributed by atoms with van der Waals surface area (Å²) in [5, 5.41) is 8.24. The van der Waals surface area contributed by atoms with Gasteiger partial charge in [0.05, 0.1) is 5.69 Å². The molecule has 0 aliphatic carbocycles. The largest absolute Gasteiger partial charge is 0.316 e. The van der Waals surface area contributed by atoms with Crippen LogP contribution >= 0.6 is 0 Å². The van der Waals surface area contributed by atoms with Crippen molar-refractivity contribution in [2.24, 2.45) is 11.3 Å². The molecule has 0 bridgehead atoms. The van der Waals surface area contributed by atoms with E-state index in [2.05, 4.69) is 63.8 Å². The van der Waals surface area contributed by atoms with E-state index in [1.807, 2.05) is 0 Å². The van der Waals surface area contributed by atoms with Crippen LogP contribution in [0.1, 0.15) is 59.7 Å². The van der Waals surface area contributed by atoms with Crippen LogP contribution in [0, 0.1) is 11.3 Å². The maximum Gasteiger partial charge on any atom is 0.0630 e. The molecule has 0 saturated carbocycles. The molecule has 0 saturated heterocycles. The van der Waals surface area contributed by atoms with Gasteiger partial charge in [-0.1, -0.05) is 34.6 Å². The highest BCUT2D eigenvalue weighted by atomic mass is 15.3. The molecule has 1 heterocycles. The quantitative estimate of drug-likeness (QED) is 0.777. The van der Waals surface area contributed by atoms with Crippen LogP contribution in [0.15, 0.2) is 12.3 Å². The second kappa shape index (κ2) is 7.09. The van der Waals surface area contributed by atoms with Crippen molar-refractivity contribution < 1.29 is 0 Å². The Labute approximate surface area is 118 Å². The van der Waals surface area contributed by atoms with Crippen molar-refractivity contribution in [1.29, 1.82) is 0 Å². The first-order valence-electron chi connectivity index (χ1n) is 7.67. The van der Waals surface area contributed by atoms with Crippen LogP contribution in [0.2, 0.25) is 0 Å². The lowest BCUT2D eigenvalue weighted by molar-refractivity contribution is 0.206. The zero-order valence-corrected chi connectivity index (χ0v) is 13.5. The van der Waals surface area contributed by atoms with E-state index in [0.29, 0.717) is 12.0 Å². The fraction of sp³-hybridized carbons (Fsp3) is 0.812. The fourth-order valence-corrected chi connectivity index (χ4v) is 2.20. The van der Waals surface area contributed by atoms with Gasteiger partial charge in [0, 0.05) is 18.8 Å². The van der Waals surface area contributed by atoms with Gasteiger partial charge in [-0.25, -0.2) is 0 Å². The van der Waals surface area contributed by atoms with Crippen molar-refractivity contribution in [2.45, 2.75) is 60.4 Å². The average Bonchev–Trinajstić information content (AvgIpc) is 2.83. The molecule has 1 N–H and O–H groups in total. The van der Waals surface area contributed by atoms with E-state index in [-0.39, 0.29) is 5.41 Å². The molecule has 110 valence electrons. The maximum atomic E-state index is 4.75. The molecule has 1 aromatic heterocycles. The van der Waals surface area contributed by atoms with Crippen LogP contribution in [0.4, 0.5) is 0 Å². The standard InChI is InChI=1S/C16H31N3/c1-7-14(5)19-10-9-15(18-19)11-16(6,13(3)4)12-17-8-2/h9-10,13-14,17H,7-8,11-12H2,1-6H3. The molecule has 0 spiro atoms. The molecule has 2 atom stereocenters. The average molecular weight is 265 g/mol. The summed E-state index contributed by atoms with van der Waals surface area (Å²) in [5.74, 6) is 0.639. The van der Waals surface area contributed by atoms with Crippen LogP contribution in [0.25, 0.3) is 0 Å². The van der Waals surface area contributed by atoms with Gasteiger partial charge in [-0.2, -0.15) is 5.10 Å². The number of hydrogen-bond donors (Lipinski definition) is 1. The molecule has 1 aromatic rings. The van der Waals surface area contributed by atoms with Gasteiger partial charge >= 0.3 is 0 Å². The van der Waals surface area contributed by atoms with Crippen LogP contribution in [0.5, 0.6) is 0 Å². The van der Waals surface area contributed by atoms with Gasteiger partial charge < -0.3 is 5.32 Å². The highest BCUT2D eigenvalue weighted by Gasteiger charge is 2.29. The topological polar surface area (TPSA) is 29.9 Å². The Morgan fingerprint density at radius 3 is 2.53 bits per heavy atom. The van der Waals surface area contributed by atoms with Gasteiger partial charge in [-0.05, 0) is 43.7 Å². The van der Waals surface area contributed by atoms with Crippen molar-refractivity contribution >= 4 is 0 Å². The second-order valence-electron chi connectivity index (χ2n) is 6.31. The number of aromatic nitrogens is 2. The molecule has 3 heteroatoms. The molecule has 1 rings (SSSR count). The summed E-state index contributed by atoms with van der Waals surface area (Å²) in [6.07, 6.45) is 4.29. The summed E-state index contributed by atoms with van der Waals surface area (Å²) in [4.78, 5) is 0. The van der Waals surface area contributed by atoms with Crippen molar-refractivity contribution in [3.63, 3.8) is 0 Å². The van der Waals surface area contributed by atoms with Crippen molar-refractivity contribution in [1.82, 2.24) is 15.1 Å². The molecular formula is C16H31N3. The number of rotatable bonds is 8. The minimum Gasteiger partial charge on any atom is -0.316 e. The van der Waals surface area contributed by atoms with E-state index in [9.17, 15) is 0 Å². The number of hydrogen-bond acceptors (Lipinski definition) is 2. The fourth-order valence-electron chi connectivity index (χ4n) is 2.20. The molecule has 2 unspecified atom stereocenters. The van der Waals surface area contributed by atoms with Crippen LogP contribution in [-0.2, 0) is 6.42 Å². The molecule has 0 radical (unpaired) electrons. The molecule has 19 heavy (non-hydrogen) atoms. The summed E-state index contributed by atoms with van der Waals surface area (Å²) in [6.45, 7) is 15.7. The molecule has 0 aliphatic heterocycles. The lowest BCUT2D eigenvalue weighted by atomic mass is 9.75. The molecule has 3 nitrogen and oxygen atoms in total. The summed E-state index contributed by atoms with van der Waals surface area (Å²) < 4.78 is 2.10. The summed E-state index contributed by atoms with van der Waals surface area (Å²) in [7, 11) is 0. The smallest absolute Gasteiger partial charge is 0.0630 e. The van der Waals surface area contributed by atoms with Crippen molar-refractivity contribution in [3.05, 3.63) is 18.0 Å². The Morgan fingerprint density at radius 1 is 1.32 bits per heavy atom. The van der Waals surface area contributed by atoms with Gasteiger partial charge in [0.25, 0.3) is 0 Å². The maximum absolute atomic E-state index is 4.75. The van der Waals surface area contributed by atoms with E-state index >= 15 is 0 Å². The third kappa shape index (κ3) is 4.34. The van der Waals surface area contributed by atoms with Gasteiger partial charge in [0.1, 0.15) is 0 Å². The van der Waals surface area contributed by atoms with Gasteiger partial charge in [0.15, 0.2) is 0 Å². The zero-order valence-electron chi connectivity index (χ0n) is 13.5. The lowest BCUT2D eigenvalue weighted by Crippen LogP contribution is -2.38. The molecule has 0 aliphatic rings. The van der Waals surface area contributed by atoms with Gasteiger partial charge in [0.2, 0.25) is 0 Å². The van der Waals surface area contributed by atoms with Crippen molar-refractivity contribution in [3.8, 4) is 0 Å². The minimum absolute atomic E-state index is 0.268. The first-order valence-corrected chi connectivity index (χ1v) is 7.67. The van der Waals surface area contributed by atoms with Gasteiger partial charge in [-0.3, -0.25) is 4.68 Å². The number of nitrogens with one attached hydrogen (secondary N) is 1. The Morgan fingerprint density at radius 2 is 2.00 bits per heavy atom. The van der Waals surface area contributed by atoms with E-state index in [0.717, 1.165) is 25.9 Å². The predicted octanol–water partition coefficient (Wildman–Crippen LogP) is 3.67. The van der Waals surface area contributed by atoms with Crippen molar-refractivity contribution in [2.75, 3.05) is 13.1 Å². The van der Waals surface area contributed by atoms with E-state index in [1.54, 1.807) is 0 Å². The molecular weight excluding hydrogens is 234 g/mol. The monoisotopic (exact) mass is 265 g/mol. The zero-order chi connectivity index (χ0) is 14.5. The van der Waals surface area contributed by atoms with Crippen LogP contribution < -0.4 is 5.32 Å². The van der Waals surface area contributed by atoms with E-state index in [1.165, 1.54) is 5.69 Å². The second-order valence-corrected chi connectivity index (χ2v) is 6.31. The predicted molar refractivity (Wildman–Crippen MR) is 82.4 cm³/mol. The summed E-state index contributed by atoms with van der Waals surface area (Å²) >= 11 is 0. The Bertz CT molecular complexity index is 370. The molecule has 0 fully saturated rings. The first-order chi connectivity index (χ1) is 8.92. The Balaban J connectivity index is 2.76. The Kier molecular flexibility index (Phi) is 6.05. The Hall–Kier alpha value is -0.830. The summed E-state index contributed by atoms with van der Waals surface area (Å²) in [5.41, 5.74) is 1.49. The third-order valence-corrected chi connectivity index (χ3v) is 4.46. The first kappa shape index (κ1) is 16.2. The van der Waals surface area contributed by atoms with Gasteiger partial charge in [-0.15, -0.1) is 0 Å².